The quantitative estimate of drug-likeness (QED) is 0.838. The van der Waals surface area contributed by atoms with E-state index >= 15 is 0 Å². The van der Waals surface area contributed by atoms with Crippen LogP contribution in [0.3, 0.4) is 0 Å². The monoisotopic (exact) mass is 265 g/mol. The lowest BCUT2D eigenvalue weighted by molar-refractivity contribution is 0.0657. The van der Waals surface area contributed by atoms with Crippen molar-refractivity contribution in [2.75, 3.05) is 33.2 Å². The first kappa shape index (κ1) is 13.8. The molecule has 3 aliphatic rings. The number of hydrogen-bond donors (Lipinski definition) is 1. The molecular weight excluding hydrogens is 234 g/mol. The molecule has 0 spiro atoms. The molecule has 110 valence electrons. The van der Waals surface area contributed by atoms with Gasteiger partial charge in [0.25, 0.3) is 0 Å². The zero-order valence-electron chi connectivity index (χ0n) is 12.8. The smallest absolute Gasteiger partial charge is 0.0125 e. The second-order valence-corrected chi connectivity index (χ2v) is 6.98. The predicted molar refractivity (Wildman–Crippen MR) is 80.4 cm³/mol. The number of fused-ring (bicyclic) bond motifs is 2. The summed E-state index contributed by atoms with van der Waals surface area (Å²) in [7, 11) is 2.35. The van der Waals surface area contributed by atoms with Crippen LogP contribution in [0.1, 0.15) is 45.4 Å². The summed E-state index contributed by atoms with van der Waals surface area (Å²) >= 11 is 0. The fourth-order valence-corrected chi connectivity index (χ4v) is 4.63. The third-order valence-corrected chi connectivity index (χ3v) is 5.89. The van der Waals surface area contributed by atoms with Crippen LogP contribution in [0.25, 0.3) is 0 Å². The molecule has 3 saturated heterocycles. The molecule has 3 heterocycles. The van der Waals surface area contributed by atoms with E-state index in [4.69, 9.17) is 0 Å². The molecule has 0 aromatic carbocycles. The van der Waals surface area contributed by atoms with Crippen LogP contribution in [0.2, 0.25) is 0 Å². The zero-order valence-corrected chi connectivity index (χ0v) is 12.8. The Bertz CT molecular complexity index is 274. The fraction of sp³-hybridized carbons (Fsp3) is 1.00. The van der Waals surface area contributed by atoms with Crippen LogP contribution < -0.4 is 5.32 Å². The maximum absolute atomic E-state index is 3.57. The maximum atomic E-state index is 3.57. The van der Waals surface area contributed by atoms with Crippen LogP contribution in [-0.2, 0) is 0 Å². The van der Waals surface area contributed by atoms with E-state index in [2.05, 4.69) is 29.1 Å². The predicted octanol–water partition coefficient (Wildman–Crippen LogP) is 1.93. The topological polar surface area (TPSA) is 18.5 Å². The van der Waals surface area contributed by atoms with Gasteiger partial charge in [-0.1, -0.05) is 6.92 Å². The molecule has 3 fully saturated rings. The van der Waals surface area contributed by atoms with Gasteiger partial charge in [-0.3, -0.25) is 0 Å². The molecule has 1 N–H and O–H groups in total. The summed E-state index contributed by atoms with van der Waals surface area (Å²) in [4.78, 5) is 5.46. The van der Waals surface area contributed by atoms with Crippen molar-refractivity contribution in [2.45, 2.75) is 63.6 Å². The standard InChI is InChI=1S/C16H31N3/c1-3-19(12-13-5-4-8-17-11-13)16-9-14-6-7-15(10-16)18(14)2/h13-17H,3-12H2,1-2H3. The highest BCUT2D eigenvalue weighted by atomic mass is 15.2. The Kier molecular flexibility index (Phi) is 4.45. The normalized spacial score (nSPS) is 39.9. The molecule has 19 heavy (non-hydrogen) atoms. The van der Waals surface area contributed by atoms with Gasteiger partial charge in [0.05, 0.1) is 0 Å². The van der Waals surface area contributed by atoms with E-state index in [1.54, 1.807) is 0 Å². The number of nitrogens with one attached hydrogen (secondary N) is 1. The van der Waals surface area contributed by atoms with Crippen molar-refractivity contribution in [3.05, 3.63) is 0 Å². The fourth-order valence-electron chi connectivity index (χ4n) is 4.63. The molecule has 3 unspecified atom stereocenters. The highest BCUT2D eigenvalue weighted by Gasteiger charge is 2.40. The molecule has 0 radical (unpaired) electrons. The zero-order chi connectivity index (χ0) is 13.2. The van der Waals surface area contributed by atoms with Gasteiger partial charge in [-0.2, -0.15) is 0 Å². The number of piperidine rings is 2. The second-order valence-electron chi connectivity index (χ2n) is 6.98. The van der Waals surface area contributed by atoms with Gasteiger partial charge in [0.1, 0.15) is 0 Å². The lowest BCUT2D eigenvalue weighted by Crippen LogP contribution is -2.50. The lowest BCUT2D eigenvalue weighted by Gasteiger charge is -2.43. The van der Waals surface area contributed by atoms with Gasteiger partial charge in [0.15, 0.2) is 0 Å². The van der Waals surface area contributed by atoms with Gasteiger partial charge in [-0.25, -0.2) is 0 Å². The van der Waals surface area contributed by atoms with Crippen molar-refractivity contribution in [2.24, 2.45) is 5.92 Å². The average Bonchev–Trinajstić information content (AvgIpc) is 2.68. The Morgan fingerprint density at radius 2 is 1.89 bits per heavy atom. The molecule has 3 rings (SSSR count). The van der Waals surface area contributed by atoms with Crippen LogP contribution in [0, 0.1) is 5.92 Å². The Morgan fingerprint density at radius 3 is 2.47 bits per heavy atom. The van der Waals surface area contributed by atoms with E-state index in [1.807, 2.05) is 0 Å². The van der Waals surface area contributed by atoms with Crippen molar-refractivity contribution in [3.8, 4) is 0 Å². The van der Waals surface area contributed by atoms with Crippen molar-refractivity contribution in [1.82, 2.24) is 15.1 Å². The maximum Gasteiger partial charge on any atom is 0.0125 e. The molecule has 0 aliphatic carbocycles. The van der Waals surface area contributed by atoms with E-state index < -0.39 is 0 Å². The van der Waals surface area contributed by atoms with Crippen LogP contribution >= 0.6 is 0 Å². The minimum absolute atomic E-state index is 0.862. The van der Waals surface area contributed by atoms with Crippen molar-refractivity contribution in [1.29, 1.82) is 0 Å². The summed E-state index contributed by atoms with van der Waals surface area (Å²) in [6.07, 6.45) is 8.53. The summed E-state index contributed by atoms with van der Waals surface area (Å²) in [5.41, 5.74) is 0. The van der Waals surface area contributed by atoms with Crippen LogP contribution in [-0.4, -0.2) is 61.2 Å². The van der Waals surface area contributed by atoms with Crippen molar-refractivity contribution in [3.63, 3.8) is 0 Å². The lowest BCUT2D eigenvalue weighted by atomic mass is 9.93. The SMILES string of the molecule is CCN(CC1CCCNC1)C1CC2CCC(C1)N2C. The summed E-state index contributed by atoms with van der Waals surface area (Å²) in [5.74, 6) is 0.894. The molecule has 3 nitrogen and oxygen atoms in total. The van der Waals surface area contributed by atoms with Crippen molar-refractivity contribution >= 4 is 0 Å². The number of hydrogen-bond acceptors (Lipinski definition) is 3. The molecule has 0 aromatic rings. The van der Waals surface area contributed by atoms with Crippen LogP contribution in [0.15, 0.2) is 0 Å². The molecule has 0 amide bonds. The highest BCUT2D eigenvalue weighted by Crippen LogP contribution is 2.36. The van der Waals surface area contributed by atoms with Crippen molar-refractivity contribution < 1.29 is 0 Å². The van der Waals surface area contributed by atoms with Crippen LogP contribution in [0.4, 0.5) is 0 Å². The van der Waals surface area contributed by atoms with Crippen LogP contribution in [0.5, 0.6) is 0 Å². The first-order valence-corrected chi connectivity index (χ1v) is 8.44. The summed E-state index contributed by atoms with van der Waals surface area (Å²) < 4.78 is 0. The van der Waals surface area contributed by atoms with Gasteiger partial charge >= 0.3 is 0 Å². The summed E-state index contributed by atoms with van der Waals surface area (Å²) in [6.45, 7) is 7.41. The molecule has 0 aromatic heterocycles. The number of rotatable bonds is 4. The minimum Gasteiger partial charge on any atom is -0.316 e. The highest BCUT2D eigenvalue weighted by molar-refractivity contribution is 4.97. The molecule has 3 atom stereocenters. The van der Waals surface area contributed by atoms with Gasteiger partial charge in [0.2, 0.25) is 0 Å². The third-order valence-electron chi connectivity index (χ3n) is 5.89. The van der Waals surface area contributed by atoms with E-state index in [-0.39, 0.29) is 0 Å². The molecule has 0 saturated carbocycles. The third kappa shape index (κ3) is 2.98. The molecular formula is C16H31N3. The second kappa shape index (κ2) is 6.11. The Balaban J connectivity index is 1.56. The minimum atomic E-state index is 0.862. The Labute approximate surface area is 118 Å². The molecule has 3 aliphatic heterocycles. The molecule has 2 bridgehead atoms. The van der Waals surface area contributed by atoms with Gasteiger partial charge in [-0.05, 0) is 71.1 Å². The van der Waals surface area contributed by atoms with E-state index in [0.717, 1.165) is 24.0 Å². The van der Waals surface area contributed by atoms with E-state index in [1.165, 1.54) is 64.7 Å². The van der Waals surface area contributed by atoms with Gasteiger partial charge < -0.3 is 15.1 Å². The summed E-state index contributed by atoms with van der Waals surface area (Å²) in [6, 6.07) is 2.62. The van der Waals surface area contributed by atoms with E-state index in [0.29, 0.717) is 0 Å². The Hall–Kier alpha value is -0.120. The Morgan fingerprint density at radius 1 is 1.16 bits per heavy atom. The largest absolute Gasteiger partial charge is 0.316 e. The van der Waals surface area contributed by atoms with E-state index in [9.17, 15) is 0 Å². The first-order valence-electron chi connectivity index (χ1n) is 8.44. The average molecular weight is 265 g/mol. The summed E-state index contributed by atoms with van der Waals surface area (Å²) in [5, 5.41) is 3.57. The molecule has 3 heteroatoms. The van der Waals surface area contributed by atoms with Gasteiger partial charge in [0, 0.05) is 24.7 Å². The number of nitrogens with zero attached hydrogens (tertiary/aromatic N) is 2. The first-order chi connectivity index (χ1) is 9.28. The van der Waals surface area contributed by atoms with Gasteiger partial charge in [-0.15, -0.1) is 0 Å².